The third kappa shape index (κ3) is 3.77. The second-order valence-electron chi connectivity index (χ2n) is 1.37. The van der Waals surface area contributed by atoms with Gasteiger partial charge in [-0.3, -0.25) is 0 Å². The molecular weight excluding hydrogens is 144 g/mol. The Morgan fingerprint density at radius 1 is 1.67 bits per heavy atom. The summed E-state index contributed by atoms with van der Waals surface area (Å²) >= 11 is 0. The van der Waals surface area contributed by atoms with Gasteiger partial charge in [-0.05, 0) is 6.92 Å². The van der Waals surface area contributed by atoms with Crippen LogP contribution in [0.3, 0.4) is 0 Å². The molecule has 54 valence electrons. The second kappa shape index (κ2) is 2.67. The molecule has 0 radical (unpaired) electrons. The first-order valence-corrected chi connectivity index (χ1v) is 3.93. The van der Waals surface area contributed by atoms with E-state index >= 15 is 0 Å². The van der Waals surface area contributed by atoms with Crippen molar-refractivity contribution in [2.24, 2.45) is 5.73 Å². The number of nitrogens with two attached hydrogens (primary N) is 1. The van der Waals surface area contributed by atoms with E-state index in [9.17, 15) is 13.2 Å². The van der Waals surface area contributed by atoms with Gasteiger partial charge in [-0.15, -0.1) is 0 Å². The van der Waals surface area contributed by atoms with Crippen LogP contribution in [-0.2, 0) is 10.0 Å². The minimum absolute atomic E-state index is 0.143. The van der Waals surface area contributed by atoms with Crippen LogP contribution < -0.4 is 10.5 Å². The second-order valence-corrected chi connectivity index (χ2v) is 3.38. The first kappa shape index (κ1) is 8.22. The molecule has 0 aromatic carbocycles. The van der Waals surface area contributed by atoms with Crippen molar-refractivity contribution in [2.45, 2.75) is 6.92 Å². The fourth-order valence-corrected chi connectivity index (χ4v) is 0.676. The molecule has 0 heterocycles. The van der Waals surface area contributed by atoms with Gasteiger partial charge in [-0.25, -0.2) is 17.9 Å². The molecule has 6 heteroatoms. The molecule has 0 spiro atoms. The van der Waals surface area contributed by atoms with Crippen molar-refractivity contribution >= 4 is 16.1 Å². The van der Waals surface area contributed by atoms with E-state index in [1.54, 1.807) is 4.72 Å². The van der Waals surface area contributed by atoms with E-state index in [2.05, 4.69) is 5.73 Å². The van der Waals surface area contributed by atoms with Gasteiger partial charge in [0.15, 0.2) is 0 Å². The van der Waals surface area contributed by atoms with Gasteiger partial charge in [-0.2, -0.15) is 0 Å². The molecule has 0 fully saturated rings. The normalized spacial score (nSPS) is 10.8. The number of amides is 2. The van der Waals surface area contributed by atoms with Gasteiger partial charge in [0.25, 0.3) is 0 Å². The number of primary amides is 1. The SMILES string of the molecule is CCS(=O)(=O)NC(N)=O. The summed E-state index contributed by atoms with van der Waals surface area (Å²) in [4.78, 5) is 9.91. The summed E-state index contributed by atoms with van der Waals surface area (Å²) in [5, 5.41) is 0. The third-order valence-corrected chi connectivity index (χ3v) is 1.91. The Bertz CT molecular complexity index is 195. The Hall–Kier alpha value is -0.780. The molecule has 0 rings (SSSR count). The summed E-state index contributed by atoms with van der Waals surface area (Å²) in [7, 11) is -3.44. The number of urea groups is 1. The standard InChI is InChI=1S/C3H8N2O3S/c1-2-9(7,8)5-3(4)6/h2H2,1H3,(H3,4,5,6). The van der Waals surface area contributed by atoms with Gasteiger partial charge in [0.1, 0.15) is 0 Å². The van der Waals surface area contributed by atoms with Gasteiger partial charge in [0.2, 0.25) is 10.0 Å². The van der Waals surface area contributed by atoms with Crippen LogP contribution in [0.2, 0.25) is 0 Å². The number of carbonyl (C=O) groups excluding carboxylic acids is 1. The van der Waals surface area contributed by atoms with E-state index in [4.69, 9.17) is 0 Å². The maximum atomic E-state index is 10.4. The lowest BCUT2D eigenvalue weighted by Gasteiger charge is -1.97. The van der Waals surface area contributed by atoms with Crippen LogP contribution in [0.4, 0.5) is 4.79 Å². The quantitative estimate of drug-likeness (QED) is 0.532. The van der Waals surface area contributed by atoms with Crippen molar-refractivity contribution < 1.29 is 13.2 Å². The maximum absolute atomic E-state index is 10.4. The average molecular weight is 152 g/mol. The Morgan fingerprint density at radius 3 is 2.22 bits per heavy atom. The van der Waals surface area contributed by atoms with Crippen molar-refractivity contribution in [3.8, 4) is 0 Å². The topological polar surface area (TPSA) is 89.3 Å². The Morgan fingerprint density at radius 2 is 2.11 bits per heavy atom. The molecule has 0 atom stereocenters. The summed E-state index contributed by atoms with van der Waals surface area (Å²) in [5.74, 6) is -0.143. The molecule has 5 nitrogen and oxygen atoms in total. The zero-order valence-corrected chi connectivity index (χ0v) is 5.73. The number of rotatable bonds is 2. The summed E-state index contributed by atoms with van der Waals surface area (Å²) < 4.78 is 22.4. The highest BCUT2D eigenvalue weighted by Crippen LogP contribution is 1.78. The van der Waals surface area contributed by atoms with Gasteiger partial charge in [0.05, 0.1) is 5.75 Å². The van der Waals surface area contributed by atoms with E-state index < -0.39 is 16.1 Å². The minimum Gasteiger partial charge on any atom is -0.351 e. The largest absolute Gasteiger partial charge is 0.351 e. The highest BCUT2D eigenvalue weighted by molar-refractivity contribution is 7.90. The Labute approximate surface area is 53.3 Å². The third-order valence-electron chi connectivity index (χ3n) is 0.636. The number of carbonyl (C=O) groups is 1. The molecule has 0 bridgehead atoms. The van der Waals surface area contributed by atoms with Crippen LogP contribution in [0.15, 0.2) is 0 Å². The molecular formula is C3H8N2O3S. The molecule has 0 aliphatic heterocycles. The van der Waals surface area contributed by atoms with Crippen LogP contribution in [0.5, 0.6) is 0 Å². The molecule has 0 aromatic heterocycles. The lowest BCUT2D eigenvalue weighted by molar-refractivity contribution is 0.253. The molecule has 0 unspecified atom stereocenters. The summed E-state index contributed by atoms with van der Waals surface area (Å²) in [6.45, 7) is 1.41. The highest BCUT2D eigenvalue weighted by atomic mass is 32.2. The number of hydrogen-bond acceptors (Lipinski definition) is 3. The predicted octanol–water partition coefficient (Wildman–Crippen LogP) is -0.996. The van der Waals surface area contributed by atoms with E-state index in [1.165, 1.54) is 6.92 Å². The van der Waals surface area contributed by atoms with Crippen LogP contribution in [0.1, 0.15) is 6.92 Å². The molecule has 3 N–H and O–H groups in total. The van der Waals surface area contributed by atoms with Crippen LogP contribution >= 0.6 is 0 Å². The first-order chi connectivity index (χ1) is 3.98. The van der Waals surface area contributed by atoms with E-state index in [1.807, 2.05) is 0 Å². The molecule has 0 saturated carbocycles. The minimum atomic E-state index is -3.44. The van der Waals surface area contributed by atoms with E-state index in [0.29, 0.717) is 0 Å². The van der Waals surface area contributed by atoms with Crippen LogP contribution in [-0.4, -0.2) is 20.2 Å². The number of nitrogens with one attached hydrogen (secondary N) is 1. The van der Waals surface area contributed by atoms with Gasteiger partial charge in [-0.1, -0.05) is 0 Å². The van der Waals surface area contributed by atoms with E-state index in [-0.39, 0.29) is 5.75 Å². The first-order valence-electron chi connectivity index (χ1n) is 2.28. The Balaban J connectivity index is 4.06. The van der Waals surface area contributed by atoms with Gasteiger partial charge < -0.3 is 5.73 Å². The van der Waals surface area contributed by atoms with Crippen molar-refractivity contribution in [1.82, 2.24) is 4.72 Å². The average Bonchev–Trinajstić information content (AvgIpc) is 1.63. The fraction of sp³-hybridized carbons (Fsp3) is 0.667. The maximum Gasteiger partial charge on any atom is 0.325 e. The molecule has 0 aromatic rings. The van der Waals surface area contributed by atoms with Crippen molar-refractivity contribution in [3.05, 3.63) is 0 Å². The predicted molar refractivity (Wildman–Crippen MR) is 32.2 cm³/mol. The molecule has 0 aliphatic rings. The summed E-state index contributed by atoms with van der Waals surface area (Å²) in [6, 6.07) is -1.04. The lowest BCUT2D eigenvalue weighted by Crippen LogP contribution is -2.35. The molecule has 2 amide bonds. The Kier molecular flexibility index (Phi) is 2.44. The number of sulfonamides is 1. The highest BCUT2D eigenvalue weighted by Gasteiger charge is 2.06. The van der Waals surface area contributed by atoms with Crippen LogP contribution in [0, 0.1) is 0 Å². The zero-order valence-electron chi connectivity index (χ0n) is 4.92. The smallest absolute Gasteiger partial charge is 0.325 e. The van der Waals surface area contributed by atoms with Crippen molar-refractivity contribution in [3.63, 3.8) is 0 Å². The molecule has 0 aliphatic carbocycles. The van der Waals surface area contributed by atoms with Gasteiger partial charge >= 0.3 is 6.03 Å². The summed E-state index contributed by atoms with van der Waals surface area (Å²) in [5.41, 5.74) is 4.52. The lowest BCUT2D eigenvalue weighted by atomic mass is 11.0. The number of hydrogen-bond donors (Lipinski definition) is 2. The molecule has 0 saturated heterocycles. The van der Waals surface area contributed by atoms with Crippen LogP contribution in [0.25, 0.3) is 0 Å². The van der Waals surface area contributed by atoms with E-state index in [0.717, 1.165) is 0 Å². The fourth-order valence-electron chi connectivity index (χ4n) is 0.225. The summed E-state index contributed by atoms with van der Waals surface area (Å²) in [6.07, 6.45) is 0. The monoisotopic (exact) mass is 152 g/mol. The zero-order chi connectivity index (χ0) is 7.49. The molecule has 9 heavy (non-hydrogen) atoms. The van der Waals surface area contributed by atoms with Crippen molar-refractivity contribution in [2.75, 3.05) is 5.75 Å². The van der Waals surface area contributed by atoms with Crippen molar-refractivity contribution in [1.29, 1.82) is 0 Å². The van der Waals surface area contributed by atoms with Gasteiger partial charge in [0, 0.05) is 0 Å².